The summed E-state index contributed by atoms with van der Waals surface area (Å²) in [6, 6.07) is 16.8. The highest BCUT2D eigenvalue weighted by Crippen LogP contribution is 2.12. The molecule has 0 atom stereocenters. The lowest BCUT2D eigenvalue weighted by atomic mass is 10.2. The molecule has 0 bridgehead atoms. The van der Waals surface area contributed by atoms with Crippen molar-refractivity contribution < 1.29 is 5.11 Å². The first-order chi connectivity index (χ1) is 9.74. The number of phenols is 1. The number of nitrogens with zero attached hydrogens (tertiary/aromatic N) is 2. The fourth-order valence-corrected chi connectivity index (χ4v) is 2.13. The molecule has 2 aromatic carbocycles. The van der Waals surface area contributed by atoms with Crippen molar-refractivity contribution in [1.29, 1.82) is 0 Å². The maximum Gasteiger partial charge on any atom is 0.180 e. The number of aromatic hydroxyl groups is 1. The Morgan fingerprint density at radius 1 is 1.15 bits per heavy atom. The standard InChI is InChI=1S/C15H15N3OS/c16-15(20-11-12-5-2-1-3-6-12)18-17-10-13-7-4-8-14(19)9-13/h1-10,19H,11H2,(H2,16,18). The normalized spacial score (nSPS) is 11.9. The van der Waals surface area contributed by atoms with E-state index in [9.17, 15) is 5.11 Å². The van der Waals surface area contributed by atoms with Gasteiger partial charge in [-0.2, -0.15) is 5.10 Å². The van der Waals surface area contributed by atoms with Gasteiger partial charge in [0.15, 0.2) is 5.17 Å². The third-order valence-corrected chi connectivity index (χ3v) is 3.32. The molecule has 0 aliphatic rings. The molecular formula is C15H15N3OS. The molecule has 0 aliphatic heterocycles. The molecule has 2 rings (SSSR count). The lowest BCUT2D eigenvalue weighted by Crippen LogP contribution is -2.05. The molecule has 4 nitrogen and oxygen atoms in total. The predicted molar refractivity (Wildman–Crippen MR) is 85.1 cm³/mol. The second-order valence-corrected chi connectivity index (χ2v) is 5.05. The average molecular weight is 285 g/mol. The lowest BCUT2D eigenvalue weighted by molar-refractivity contribution is 0.475. The Kier molecular flexibility index (Phi) is 5.20. The molecule has 0 fully saturated rings. The summed E-state index contributed by atoms with van der Waals surface area (Å²) in [6.07, 6.45) is 1.55. The average Bonchev–Trinajstić information content (AvgIpc) is 2.46. The highest BCUT2D eigenvalue weighted by atomic mass is 32.2. The summed E-state index contributed by atoms with van der Waals surface area (Å²) in [5, 5.41) is 17.5. The van der Waals surface area contributed by atoms with Crippen LogP contribution in [0.15, 0.2) is 64.8 Å². The van der Waals surface area contributed by atoms with Crippen LogP contribution in [-0.4, -0.2) is 16.5 Å². The topological polar surface area (TPSA) is 71.0 Å². The van der Waals surface area contributed by atoms with E-state index in [1.807, 2.05) is 36.4 Å². The molecule has 0 heterocycles. The number of thioether (sulfide) groups is 1. The second kappa shape index (κ2) is 7.35. The van der Waals surface area contributed by atoms with Crippen LogP contribution in [0, 0.1) is 0 Å². The van der Waals surface area contributed by atoms with E-state index in [0.717, 1.165) is 11.3 Å². The van der Waals surface area contributed by atoms with Gasteiger partial charge in [0.05, 0.1) is 6.21 Å². The molecule has 0 aliphatic carbocycles. The lowest BCUT2D eigenvalue weighted by Gasteiger charge is -1.99. The highest BCUT2D eigenvalue weighted by molar-refractivity contribution is 8.13. The SMILES string of the molecule is NC(=NN=Cc1cccc(O)c1)SCc1ccccc1. The summed E-state index contributed by atoms with van der Waals surface area (Å²) < 4.78 is 0. The number of rotatable bonds is 4. The maximum absolute atomic E-state index is 9.31. The molecule has 0 saturated heterocycles. The minimum atomic E-state index is 0.198. The van der Waals surface area contributed by atoms with Gasteiger partial charge >= 0.3 is 0 Å². The van der Waals surface area contributed by atoms with E-state index in [1.54, 1.807) is 24.4 Å². The predicted octanol–water partition coefficient (Wildman–Crippen LogP) is 2.97. The number of hydrogen-bond acceptors (Lipinski definition) is 4. The molecule has 0 unspecified atom stereocenters. The molecule has 0 radical (unpaired) electrons. The third-order valence-electron chi connectivity index (χ3n) is 2.46. The fourth-order valence-electron chi connectivity index (χ4n) is 1.52. The summed E-state index contributed by atoms with van der Waals surface area (Å²) in [6.45, 7) is 0. The third kappa shape index (κ3) is 4.78. The van der Waals surface area contributed by atoms with Gasteiger partial charge in [-0.25, -0.2) is 0 Å². The number of benzene rings is 2. The zero-order chi connectivity index (χ0) is 14.2. The molecule has 20 heavy (non-hydrogen) atoms. The van der Waals surface area contributed by atoms with E-state index >= 15 is 0 Å². The molecule has 102 valence electrons. The fraction of sp³-hybridized carbons (Fsp3) is 0.0667. The Hall–Kier alpha value is -2.27. The summed E-state index contributed by atoms with van der Waals surface area (Å²) in [4.78, 5) is 0. The van der Waals surface area contributed by atoms with Gasteiger partial charge in [-0.05, 0) is 23.3 Å². The first kappa shape index (κ1) is 14.1. The Labute approximate surface area is 122 Å². The zero-order valence-electron chi connectivity index (χ0n) is 10.8. The van der Waals surface area contributed by atoms with E-state index < -0.39 is 0 Å². The first-order valence-electron chi connectivity index (χ1n) is 6.06. The second-order valence-electron chi connectivity index (χ2n) is 4.05. The van der Waals surface area contributed by atoms with Gasteiger partial charge in [0.25, 0.3) is 0 Å². The van der Waals surface area contributed by atoms with E-state index in [-0.39, 0.29) is 5.75 Å². The number of hydrogen-bond donors (Lipinski definition) is 2. The van der Waals surface area contributed by atoms with Gasteiger partial charge in [-0.3, -0.25) is 0 Å². The van der Waals surface area contributed by atoms with Crippen LogP contribution in [0.4, 0.5) is 0 Å². The summed E-state index contributed by atoms with van der Waals surface area (Å²) in [5.74, 6) is 0.960. The van der Waals surface area contributed by atoms with Crippen molar-refractivity contribution >= 4 is 23.1 Å². The van der Waals surface area contributed by atoms with Crippen LogP contribution >= 0.6 is 11.8 Å². The Balaban J connectivity index is 1.87. The van der Waals surface area contributed by atoms with E-state index in [2.05, 4.69) is 10.2 Å². The van der Waals surface area contributed by atoms with Crippen LogP contribution in [-0.2, 0) is 5.75 Å². The molecule has 0 saturated carbocycles. The molecule has 0 aromatic heterocycles. The van der Waals surface area contributed by atoms with Crippen molar-refractivity contribution in [3.63, 3.8) is 0 Å². The van der Waals surface area contributed by atoms with Crippen LogP contribution in [0.25, 0.3) is 0 Å². The highest BCUT2D eigenvalue weighted by Gasteiger charge is 1.95. The van der Waals surface area contributed by atoms with Crippen molar-refractivity contribution in [1.82, 2.24) is 0 Å². The van der Waals surface area contributed by atoms with Gasteiger partial charge in [0.2, 0.25) is 0 Å². The van der Waals surface area contributed by atoms with Crippen molar-refractivity contribution in [2.45, 2.75) is 5.75 Å². The van der Waals surface area contributed by atoms with Gasteiger partial charge in [-0.1, -0.05) is 54.2 Å². The number of phenolic OH excluding ortho intramolecular Hbond substituents is 1. The monoisotopic (exact) mass is 285 g/mol. The minimum absolute atomic E-state index is 0.198. The van der Waals surface area contributed by atoms with Gasteiger partial charge < -0.3 is 10.8 Å². The van der Waals surface area contributed by atoms with Gasteiger partial charge in [0, 0.05) is 5.75 Å². The molecule has 3 N–H and O–H groups in total. The minimum Gasteiger partial charge on any atom is -0.508 e. The van der Waals surface area contributed by atoms with Crippen molar-refractivity contribution in [3.8, 4) is 5.75 Å². The largest absolute Gasteiger partial charge is 0.508 e. The number of amidine groups is 1. The van der Waals surface area contributed by atoms with Crippen LogP contribution in [0.3, 0.4) is 0 Å². The Bertz CT molecular complexity index is 612. The van der Waals surface area contributed by atoms with Crippen LogP contribution in [0.1, 0.15) is 11.1 Å². The molecule has 0 amide bonds. The Morgan fingerprint density at radius 3 is 2.70 bits per heavy atom. The maximum atomic E-state index is 9.31. The summed E-state index contributed by atoms with van der Waals surface area (Å²) in [7, 11) is 0. The van der Waals surface area contributed by atoms with Gasteiger partial charge in [-0.15, -0.1) is 5.10 Å². The van der Waals surface area contributed by atoms with E-state index in [1.165, 1.54) is 17.3 Å². The Morgan fingerprint density at radius 2 is 1.95 bits per heavy atom. The zero-order valence-corrected chi connectivity index (χ0v) is 11.6. The van der Waals surface area contributed by atoms with Crippen molar-refractivity contribution in [3.05, 3.63) is 65.7 Å². The molecule has 5 heteroatoms. The summed E-state index contributed by atoms with van der Waals surface area (Å²) in [5.41, 5.74) is 7.73. The quantitative estimate of drug-likeness (QED) is 0.515. The van der Waals surface area contributed by atoms with Crippen molar-refractivity contribution in [2.24, 2.45) is 15.9 Å². The van der Waals surface area contributed by atoms with E-state index in [4.69, 9.17) is 5.73 Å². The van der Waals surface area contributed by atoms with Crippen LogP contribution in [0.2, 0.25) is 0 Å². The summed E-state index contributed by atoms with van der Waals surface area (Å²) >= 11 is 1.43. The first-order valence-corrected chi connectivity index (χ1v) is 7.05. The van der Waals surface area contributed by atoms with Crippen LogP contribution in [0.5, 0.6) is 5.75 Å². The van der Waals surface area contributed by atoms with E-state index in [0.29, 0.717) is 5.17 Å². The smallest absolute Gasteiger partial charge is 0.180 e. The van der Waals surface area contributed by atoms with Gasteiger partial charge in [0.1, 0.15) is 5.75 Å². The van der Waals surface area contributed by atoms with Crippen molar-refractivity contribution in [2.75, 3.05) is 0 Å². The van der Waals surface area contributed by atoms with Crippen LogP contribution < -0.4 is 5.73 Å². The molecule has 2 aromatic rings. The molecular weight excluding hydrogens is 270 g/mol. The number of nitrogens with two attached hydrogens (primary N) is 1. The molecule has 0 spiro atoms.